The van der Waals surface area contributed by atoms with Gasteiger partial charge in [0.1, 0.15) is 6.04 Å². The van der Waals surface area contributed by atoms with Gasteiger partial charge in [0.05, 0.1) is 17.9 Å². The van der Waals surface area contributed by atoms with Crippen LogP contribution in [-0.2, 0) is 4.79 Å². The average Bonchev–Trinajstić information content (AvgIpc) is 2.37. The zero-order valence-electron chi connectivity index (χ0n) is 7.86. The summed E-state index contributed by atoms with van der Waals surface area (Å²) in [6.07, 6.45) is 0. The number of anilines is 1. The highest BCUT2D eigenvalue weighted by Gasteiger charge is 2.26. The Hall–Kier alpha value is -1.88. The number of carbonyl (C=O) groups excluding carboxylic acids is 2. The third-order valence-electron chi connectivity index (χ3n) is 2.23. The summed E-state index contributed by atoms with van der Waals surface area (Å²) >= 11 is 0. The second-order valence-electron chi connectivity index (χ2n) is 3.24. The van der Waals surface area contributed by atoms with Gasteiger partial charge < -0.3 is 15.7 Å². The molecule has 2 rings (SSSR count). The maximum Gasteiger partial charge on any atom is 0.254 e. The zero-order chi connectivity index (χ0) is 10.8. The fraction of sp³-hybridized carbons (Fsp3) is 0.200. The molecule has 78 valence electrons. The Morgan fingerprint density at radius 2 is 2.00 bits per heavy atom. The molecule has 0 spiro atoms. The summed E-state index contributed by atoms with van der Waals surface area (Å²) in [6.45, 7) is -0.411. The minimum absolute atomic E-state index is 0.358. The van der Waals surface area contributed by atoms with Gasteiger partial charge in [-0.2, -0.15) is 0 Å². The molecule has 0 saturated carbocycles. The lowest BCUT2D eigenvalue weighted by Gasteiger charge is -2.10. The molecule has 1 atom stereocenters. The van der Waals surface area contributed by atoms with Crippen LogP contribution >= 0.6 is 0 Å². The van der Waals surface area contributed by atoms with Crippen LogP contribution in [0.2, 0.25) is 0 Å². The minimum atomic E-state index is -0.884. The number of hydrogen-bond donors (Lipinski definition) is 3. The number of fused-ring (bicyclic) bond motifs is 1. The van der Waals surface area contributed by atoms with Gasteiger partial charge in [-0.1, -0.05) is 12.1 Å². The lowest BCUT2D eigenvalue weighted by atomic mass is 10.2. The molecule has 0 aromatic heterocycles. The van der Waals surface area contributed by atoms with Crippen molar-refractivity contribution < 1.29 is 14.7 Å². The van der Waals surface area contributed by atoms with Gasteiger partial charge in [0.2, 0.25) is 5.91 Å². The van der Waals surface area contributed by atoms with Crippen LogP contribution in [0, 0.1) is 0 Å². The first-order valence-electron chi connectivity index (χ1n) is 4.54. The topological polar surface area (TPSA) is 78.4 Å². The van der Waals surface area contributed by atoms with Crippen molar-refractivity contribution in [2.24, 2.45) is 0 Å². The van der Waals surface area contributed by atoms with E-state index in [1.807, 2.05) is 0 Å². The van der Waals surface area contributed by atoms with Crippen molar-refractivity contribution >= 4 is 17.5 Å². The summed E-state index contributed by atoms with van der Waals surface area (Å²) in [6, 6.07) is 5.82. The third kappa shape index (κ3) is 1.69. The normalized spacial score (nSPS) is 19.9. The SMILES string of the molecule is O=C1N[C@H](CO)C(=O)Nc2ccccc21. The molecule has 5 nitrogen and oxygen atoms in total. The molecule has 0 saturated heterocycles. The van der Waals surface area contributed by atoms with E-state index in [1.54, 1.807) is 24.3 Å². The molecular weight excluding hydrogens is 196 g/mol. The lowest BCUT2D eigenvalue weighted by molar-refractivity contribution is -0.118. The van der Waals surface area contributed by atoms with Crippen LogP contribution in [0.3, 0.4) is 0 Å². The Morgan fingerprint density at radius 1 is 1.27 bits per heavy atom. The molecule has 0 fully saturated rings. The van der Waals surface area contributed by atoms with E-state index in [4.69, 9.17) is 5.11 Å². The van der Waals surface area contributed by atoms with Crippen molar-refractivity contribution in [3.63, 3.8) is 0 Å². The molecule has 1 aromatic carbocycles. The Labute approximate surface area is 86.1 Å². The fourth-order valence-corrected chi connectivity index (χ4v) is 1.44. The van der Waals surface area contributed by atoms with E-state index in [0.717, 1.165) is 0 Å². The summed E-state index contributed by atoms with van der Waals surface area (Å²) in [4.78, 5) is 23.1. The monoisotopic (exact) mass is 206 g/mol. The van der Waals surface area contributed by atoms with E-state index in [9.17, 15) is 9.59 Å². The molecule has 0 bridgehead atoms. The first kappa shape index (κ1) is 9.67. The number of hydrogen-bond acceptors (Lipinski definition) is 3. The Bertz CT molecular complexity index is 417. The maximum atomic E-state index is 11.6. The number of para-hydroxylation sites is 1. The number of amides is 2. The van der Waals surface area contributed by atoms with E-state index in [1.165, 1.54) is 0 Å². The highest BCUT2D eigenvalue weighted by molar-refractivity contribution is 6.09. The van der Waals surface area contributed by atoms with Crippen LogP contribution in [0.1, 0.15) is 10.4 Å². The Kier molecular flexibility index (Phi) is 2.39. The van der Waals surface area contributed by atoms with Crippen molar-refractivity contribution in [1.82, 2.24) is 5.32 Å². The molecular formula is C10H10N2O3. The van der Waals surface area contributed by atoms with E-state index >= 15 is 0 Å². The largest absolute Gasteiger partial charge is 0.394 e. The predicted octanol–water partition coefficient (Wildman–Crippen LogP) is -0.271. The number of nitrogens with one attached hydrogen (secondary N) is 2. The summed E-state index contributed by atoms with van der Waals surface area (Å²) in [5.74, 6) is -0.765. The van der Waals surface area contributed by atoms with Crippen LogP contribution in [0.5, 0.6) is 0 Å². The van der Waals surface area contributed by atoms with Gasteiger partial charge in [-0.15, -0.1) is 0 Å². The highest BCUT2D eigenvalue weighted by Crippen LogP contribution is 2.17. The van der Waals surface area contributed by atoms with Gasteiger partial charge in [-0.05, 0) is 12.1 Å². The molecule has 15 heavy (non-hydrogen) atoms. The molecule has 1 aliphatic heterocycles. The van der Waals surface area contributed by atoms with Crippen LogP contribution < -0.4 is 10.6 Å². The lowest BCUT2D eigenvalue weighted by Crippen LogP contribution is -2.43. The van der Waals surface area contributed by atoms with E-state index in [2.05, 4.69) is 10.6 Å². The van der Waals surface area contributed by atoms with Gasteiger partial charge >= 0.3 is 0 Å². The van der Waals surface area contributed by atoms with Gasteiger partial charge in [0, 0.05) is 0 Å². The molecule has 5 heteroatoms. The predicted molar refractivity (Wildman–Crippen MR) is 53.4 cm³/mol. The molecule has 3 N–H and O–H groups in total. The number of aliphatic hydroxyl groups is 1. The van der Waals surface area contributed by atoms with Crippen LogP contribution in [0.15, 0.2) is 24.3 Å². The number of aliphatic hydroxyl groups excluding tert-OH is 1. The van der Waals surface area contributed by atoms with Crippen LogP contribution in [0.25, 0.3) is 0 Å². The molecule has 1 aliphatic rings. The zero-order valence-corrected chi connectivity index (χ0v) is 7.86. The van der Waals surface area contributed by atoms with Crippen molar-refractivity contribution in [3.05, 3.63) is 29.8 Å². The van der Waals surface area contributed by atoms with Gasteiger partial charge in [0.15, 0.2) is 0 Å². The van der Waals surface area contributed by atoms with E-state index < -0.39 is 18.6 Å². The smallest absolute Gasteiger partial charge is 0.254 e. The third-order valence-corrected chi connectivity index (χ3v) is 2.23. The van der Waals surface area contributed by atoms with Crippen LogP contribution in [-0.4, -0.2) is 29.6 Å². The average molecular weight is 206 g/mol. The summed E-state index contributed by atoms with van der Waals surface area (Å²) in [5, 5.41) is 13.9. The fourth-order valence-electron chi connectivity index (χ4n) is 1.44. The quantitative estimate of drug-likeness (QED) is 0.591. The molecule has 2 amide bonds. The summed E-state index contributed by atoms with van der Waals surface area (Å²) < 4.78 is 0. The van der Waals surface area contributed by atoms with Crippen molar-refractivity contribution in [2.75, 3.05) is 11.9 Å². The van der Waals surface area contributed by atoms with Crippen molar-refractivity contribution in [2.45, 2.75) is 6.04 Å². The second kappa shape index (κ2) is 3.70. The van der Waals surface area contributed by atoms with Gasteiger partial charge in [0.25, 0.3) is 5.91 Å². The number of rotatable bonds is 1. The Morgan fingerprint density at radius 3 is 2.73 bits per heavy atom. The first-order valence-corrected chi connectivity index (χ1v) is 4.54. The van der Waals surface area contributed by atoms with Crippen molar-refractivity contribution in [1.29, 1.82) is 0 Å². The van der Waals surface area contributed by atoms with Crippen LogP contribution in [0.4, 0.5) is 5.69 Å². The maximum absolute atomic E-state index is 11.6. The Balaban J connectivity index is 2.41. The highest BCUT2D eigenvalue weighted by atomic mass is 16.3. The second-order valence-corrected chi connectivity index (χ2v) is 3.24. The molecule has 0 aliphatic carbocycles. The standard InChI is InChI=1S/C10H10N2O3/c13-5-8-10(15)11-7-4-2-1-3-6(7)9(14)12-8/h1-4,8,13H,5H2,(H,11,15)(H,12,14)/t8-/m1/s1. The van der Waals surface area contributed by atoms with E-state index in [0.29, 0.717) is 11.3 Å². The summed E-state index contributed by atoms with van der Waals surface area (Å²) in [7, 11) is 0. The van der Waals surface area contributed by atoms with Gasteiger partial charge in [-0.3, -0.25) is 9.59 Å². The number of carbonyl (C=O) groups is 2. The van der Waals surface area contributed by atoms with E-state index in [-0.39, 0.29) is 5.91 Å². The molecule has 1 aromatic rings. The minimum Gasteiger partial charge on any atom is -0.394 e. The van der Waals surface area contributed by atoms with Gasteiger partial charge in [-0.25, -0.2) is 0 Å². The molecule has 1 heterocycles. The first-order chi connectivity index (χ1) is 7.22. The number of benzene rings is 1. The summed E-state index contributed by atoms with van der Waals surface area (Å²) in [5.41, 5.74) is 0.873. The van der Waals surface area contributed by atoms with Crippen molar-refractivity contribution in [3.8, 4) is 0 Å². The molecule has 0 radical (unpaired) electrons. The molecule has 0 unspecified atom stereocenters.